The predicted molar refractivity (Wildman–Crippen MR) is 84.4 cm³/mol. The van der Waals surface area contributed by atoms with E-state index in [0.717, 1.165) is 32.6 Å². The summed E-state index contributed by atoms with van der Waals surface area (Å²) in [6.45, 7) is 11.0. The number of aliphatic hydroxyl groups is 1. The molecule has 4 heterocycles. The highest BCUT2D eigenvalue weighted by atomic mass is 16.3. The molecule has 0 saturated carbocycles. The molecule has 0 spiro atoms. The second-order valence-corrected chi connectivity index (χ2v) is 7.64. The van der Waals surface area contributed by atoms with Gasteiger partial charge in [-0.3, -0.25) is 0 Å². The molecular weight excluding hydrogens is 260 g/mol. The van der Waals surface area contributed by atoms with E-state index in [4.69, 9.17) is 0 Å². The molecule has 4 fully saturated rings. The zero-order chi connectivity index (χ0) is 14.6. The zero-order valence-corrected chi connectivity index (χ0v) is 13.2. The molecule has 1 aromatic rings. The van der Waals surface area contributed by atoms with Gasteiger partial charge in [-0.1, -0.05) is 23.8 Å². The van der Waals surface area contributed by atoms with Crippen molar-refractivity contribution in [3.63, 3.8) is 0 Å². The first-order valence-corrected chi connectivity index (χ1v) is 8.25. The highest BCUT2D eigenvalue weighted by Gasteiger charge is 2.53. The van der Waals surface area contributed by atoms with Crippen molar-refractivity contribution in [3.8, 4) is 0 Å². The number of hydrogen-bond acceptors (Lipinski definition) is 3. The number of hydrogen-bond donors (Lipinski definition) is 1. The lowest BCUT2D eigenvalue weighted by molar-refractivity contribution is -0.116. The molecule has 4 bridgehead atoms. The van der Waals surface area contributed by atoms with Gasteiger partial charge < -0.3 is 14.9 Å². The Labute approximate surface area is 127 Å². The van der Waals surface area contributed by atoms with E-state index >= 15 is 0 Å². The van der Waals surface area contributed by atoms with E-state index in [1.165, 1.54) is 29.8 Å². The van der Waals surface area contributed by atoms with Gasteiger partial charge in [0.25, 0.3) is 0 Å². The van der Waals surface area contributed by atoms with Gasteiger partial charge in [-0.05, 0) is 31.4 Å². The van der Waals surface area contributed by atoms with E-state index in [9.17, 15) is 5.11 Å². The molecule has 21 heavy (non-hydrogen) atoms. The summed E-state index contributed by atoms with van der Waals surface area (Å²) in [5.41, 5.74) is 4.16. The largest absolute Gasteiger partial charge is 0.392 e. The number of piperidine rings is 2. The quantitative estimate of drug-likeness (QED) is 0.891. The average molecular weight is 286 g/mol. The molecule has 3 heteroatoms. The third-order valence-electron chi connectivity index (χ3n) is 5.91. The van der Waals surface area contributed by atoms with Gasteiger partial charge in [-0.25, -0.2) is 0 Å². The van der Waals surface area contributed by atoms with Crippen LogP contribution in [0.1, 0.15) is 16.7 Å². The van der Waals surface area contributed by atoms with Crippen molar-refractivity contribution in [3.05, 3.63) is 34.9 Å². The maximum Gasteiger partial charge on any atom is 0.0676 e. The van der Waals surface area contributed by atoms with Gasteiger partial charge in [0.15, 0.2) is 0 Å². The molecule has 0 radical (unpaired) electrons. The fraction of sp³-hybridized carbons (Fsp3) is 0.667. The minimum absolute atomic E-state index is 0.0394. The number of rotatable bonds is 2. The first-order chi connectivity index (χ1) is 10.1. The molecule has 4 aliphatic rings. The maximum absolute atomic E-state index is 11.0. The minimum atomic E-state index is -0.135. The first kappa shape index (κ1) is 13.7. The van der Waals surface area contributed by atoms with Gasteiger partial charge in [-0.15, -0.1) is 0 Å². The Morgan fingerprint density at radius 3 is 2.43 bits per heavy atom. The summed E-state index contributed by atoms with van der Waals surface area (Å²) < 4.78 is 0. The summed E-state index contributed by atoms with van der Waals surface area (Å²) in [4.78, 5) is 5.18. The first-order valence-electron chi connectivity index (χ1n) is 8.25. The lowest BCUT2D eigenvalue weighted by atomic mass is 9.66. The van der Waals surface area contributed by atoms with E-state index in [1.807, 2.05) is 0 Å². The zero-order valence-electron chi connectivity index (χ0n) is 13.2. The van der Waals surface area contributed by atoms with E-state index in [-0.39, 0.29) is 11.5 Å². The van der Waals surface area contributed by atoms with Crippen LogP contribution in [0.3, 0.4) is 0 Å². The smallest absolute Gasteiger partial charge is 0.0676 e. The second kappa shape index (κ2) is 4.80. The van der Waals surface area contributed by atoms with Crippen molar-refractivity contribution in [2.45, 2.75) is 26.4 Å². The molecular formula is C18H26N2O. The lowest BCUT2D eigenvalue weighted by Crippen LogP contribution is -2.64. The number of fused-ring (bicyclic) bond motifs is 1. The number of nitrogens with zero attached hydrogens (tertiary/aromatic N) is 2. The lowest BCUT2D eigenvalue weighted by Gasteiger charge is -2.53. The van der Waals surface area contributed by atoms with Crippen LogP contribution in [-0.2, 0) is 6.42 Å². The van der Waals surface area contributed by atoms with Gasteiger partial charge in [-0.2, -0.15) is 0 Å². The molecule has 0 aromatic heterocycles. The van der Waals surface area contributed by atoms with Crippen LogP contribution in [0.25, 0.3) is 0 Å². The summed E-state index contributed by atoms with van der Waals surface area (Å²) in [6.07, 6.45) is 0.882. The van der Waals surface area contributed by atoms with Crippen molar-refractivity contribution in [2.24, 2.45) is 11.3 Å². The summed E-state index contributed by atoms with van der Waals surface area (Å²) >= 11 is 0. The molecule has 4 aliphatic heterocycles. The highest BCUT2D eigenvalue weighted by molar-refractivity contribution is 5.32. The van der Waals surface area contributed by atoms with E-state index < -0.39 is 0 Å². The predicted octanol–water partition coefficient (Wildman–Crippen LogP) is 1.45. The third-order valence-corrected chi connectivity index (χ3v) is 5.91. The molecule has 3 nitrogen and oxygen atoms in total. The van der Waals surface area contributed by atoms with Gasteiger partial charge in [0.05, 0.1) is 6.10 Å². The molecule has 1 N–H and O–H groups in total. The fourth-order valence-electron chi connectivity index (χ4n) is 4.94. The topological polar surface area (TPSA) is 26.7 Å². The molecule has 1 aromatic carbocycles. The van der Waals surface area contributed by atoms with E-state index in [1.54, 1.807) is 0 Å². The van der Waals surface area contributed by atoms with Crippen LogP contribution in [0.2, 0.25) is 0 Å². The van der Waals surface area contributed by atoms with Crippen LogP contribution in [0.4, 0.5) is 0 Å². The molecule has 114 valence electrons. The standard InChI is InChI=1S/C18H26N2O/c1-13-3-4-15(14(2)7-13)8-18-11-19-5-6-20(12-18)10-16(9-19)17(18)21/h3-4,7,16-17,21H,5-6,8-12H2,1-2H3/t16?,17-,18?/m1/s1. The normalized spacial score (nSPS) is 41.3. The maximum atomic E-state index is 11.0. The second-order valence-electron chi connectivity index (χ2n) is 7.64. The average Bonchev–Trinajstić information content (AvgIpc) is 2.67. The van der Waals surface area contributed by atoms with Crippen LogP contribution in [0.15, 0.2) is 18.2 Å². The monoisotopic (exact) mass is 286 g/mol. The molecule has 2 unspecified atom stereocenters. The molecule has 0 amide bonds. The Kier molecular flexibility index (Phi) is 3.14. The SMILES string of the molecule is Cc1ccc(CC23CN4CCN(CC(C4)[C@H]2O)C3)c(C)c1. The summed E-state index contributed by atoms with van der Waals surface area (Å²) in [5.74, 6) is 0.445. The summed E-state index contributed by atoms with van der Waals surface area (Å²) in [6, 6.07) is 6.76. The van der Waals surface area contributed by atoms with Gasteiger partial charge in [0, 0.05) is 50.6 Å². The molecule has 0 aliphatic carbocycles. The van der Waals surface area contributed by atoms with Gasteiger partial charge in [0.1, 0.15) is 0 Å². The Balaban J connectivity index is 1.68. The van der Waals surface area contributed by atoms with Crippen molar-refractivity contribution >= 4 is 0 Å². The van der Waals surface area contributed by atoms with E-state index in [2.05, 4.69) is 41.8 Å². The van der Waals surface area contributed by atoms with Crippen molar-refractivity contribution in [2.75, 3.05) is 39.3 Å². The van der Waals surface area contributed by atoms with Crippen LogP contribution >= 0.6 is 0 Å². The van der Waals surface area contributed by atoms with Crippen LogP contribution in [-0.4, -0.2) is 60.3 Å². The van der Waals surface area contributed by atoms with Crippen molar-refractivity contribution in [1.29, 1.82) is 0 Å². The van der Waals surface area contributed by atoms with Crippen LogP contribution in [0, 0.1) is 25.2 Å². The van der Waals surface area contributed by atoms with Crippen LogP contribution < -0.4 is 0 Å². The van der Waals surface area contributed by atoms with Gasteiger partial charge >= 0.3 is 0 Å². The summed E-state index contributed by atoms with van der Waals surface area (Å²) in [7, 11) is 0. The fourth-order valence-corrected chi connectivity index (χ4v) is 4.94. The third kappa shape index (κ3) is 2.23. The Morgan fingerprint density at radius 1 is 1.14 bits per heavy atom. The van der Waals surface area contributed by atoms with E-state index in [0.29, 0.717) is 5.92 Å². The Hall–Kier alpha value is -0.900. The molecule has 5 rings (SSSR count). The Morgan fingerprint density at radius 2 is 1.81 bits per heavy atom. The highest BCUT2D eigenvalue weighted by Crippen LogP contribution is 2.43. The number of aliphatic hydroxyl groups excluding tert-OH is 1. The molecule has 3 atom stereocenters. The number of benzene rings is 1. The van der Waals surface area contributed by atoms with Crippen molar-refractivity contribution < 1.29 is 5.11 Å². The molecule has 4 saturated heterocycles. The Bertz CT molecular complexity index is 540. The van der Waals surface area contributed by atoms with Crippen molar-refractivity contribution in [1.82, 2.24) is 9.80 Å². The van der Waals surface area contributed by atoms with Crippen LogP contribution in [0.5, 0.6) is 0 Å². The summed E-state index contributed by atoms with van der Waals surface area (Å²) in [5, 5.41) is 11.0. The minimum Gasteiger partial charge on any atom is -0.392 e. The van der Waals surface area contributed by atoms with Gasteiger partial charge in [0.2, 0.25) is 0 Å². The number of aryl methyl sites for hydroxylation is 2.